The Kier molecular flexibility index (Phi) is 11.5. The minimum absolute atomic E-state index is 0.0265. The van der Waals surface area contributed by atoms with E-state index in [2.05, 4.69) is 59.6 Å². The van der Waals surface area contributed by atoms with E-state index in [1.807, 2.05) is 6.07 Å². The first-order chi connectivity index (χ1) is 26.3. The van der Waals surface area contributed by atoms with Crippen molar-refractivity contribution >= 4 is 60.0 Å². The number of amides is 1. The molecule has 2 fully saturated rings. The Balaban J connectivity index is 1.09. The second kappa shape index (κ2) is 16.3. The lowest BCUT2D eigenvalue weighted by Gasteiger charge is -2.38. The fraction of sp³-hybridized carbons (Fsp3) is 0.436. The number of rotatable bonds is 12. The molecule has 2 aliphatic heterocycles. The molecule has 1 aliphatic carbocycles. The number of aromatic amines is 1. The molecule has 0 unspecified atom stereocenters. The van der Waals surface area contributed by atoms with E-state index in [1.54, 1.807) is 30.5 Å². The van der Waals surface area contributed by atoms with Gasteiger partial charge in [0.25, 0.3) is 21.6 Å². The number of anilines is 2. The zero-order valence-corrected chi connectivity index (χ0v) is 33.4. The van der Waals surface area contributed by atoms with Crippen LogP contribution in [-0.2, 0) is 14.8 Å². The quantitative estimate of drug-likeness (QED) is 0.0974. The van der Waals surface area contributed by atoms with Gasteiger partial charge in [-0.2, -0.15) is 0 Å². The van der Waals surface area contributed by atoms with Crippen LogP contribution in [0.5, 0.6) is 11.5 Å². The highest BCUT2D eigenvalue weighted by Gasteiger charge is 2.29. The van der Waals surface area contributed by atoms with Crippen LogP contribution in [0.1, 0.15) is 56.3 Å². The molecule has 0 spiro atoms. The molecular weight excluding hydrogens is 790 g/mol. The molecule has 0 bridgehead atoms. The zero-order chi connectivity index (χ0) is 38.7. The summed E-state index contributed by atoms with van der Waals surface area (Å²) < 4.78 is 42.2. The van der Waals surface area contributed by atoms with Gasteiger partial charge in [0.15, 0.2) is 0 Å². The number of nitrogens with zero attached hydrogens (tertiary/aromatic N) is 4. The number of piperazine rings is 1. The number of allylic oxidation sites excluding steroid dienone is 1. The van der Waals surface area contributed by atoms with Gasteiger partial charge in [0.2, 0.25) is 0 Å². The van der Waals surface area contributed by atoms with Crippen molar-refractivity contribution in [2.24, 2.45) is 11.3 Å². The van der Waals surface area contributed by atoms with Gasteiger partial charge in [-0.05, 0) is 89.9 Å². The summed E-state index contributed by atoms with van der Waals surface area (Å²) >= 11 is 3.85. The number of H-pyrrole nitrogens is 1. The summed E-state index contributed by atoms with van der Waals surface area (Å²) in [5.74, 6) is -0.160. The van der Waals surface area contributed by atoms with E-state index >= 15 is 0 Å². The van der Waals surface area contributed by atoms with Crippen molar-refractivity contribution in [3.63, 3.8) is 0 Å². The van der Waals surface area contributed by atoms with Crippen LogP contribution in [0.15, 0.2) is 75.9 Å². The number of carbonyl (C=O) groups is 1. The number of halogens is 1. The average molecular weight is 837 g/mol. The number of nitro benzene ring substituents is 1. The molecule has 2 aromatic carbocycles. The van der Waals surface area contributed by atoms with Crippen molar-refractivity contribution in [3.8, 4) is 11.5 Å². The van der Waals surface area contributed by atoms with Crippen LogP contribution in [0.2, 0.25) is 0 Å². The third-order valence-electron chi connectivity index (χ3n) is 10.7. The molecule has 3 N–H and O–H groups in total. The summed E-state index contributed by atoms with van der Waals surface area (Å²) in [5, 5.41) is 15.9. The summed E-state index contributed by atoms with van der Waals surface area (Å²) in [7, 11) is -4.53. The van der Waals surface area contributed by atoms with Crippen LogP contribution in [0.25, 0.3) is 11.0 Å². The van der Waals surface area contributed by atoms with Crippen LogP contribution < -0.4 is 19.7 Å². The molecular formula is C39H46BrN7O7S. The van der Waals surface area contributed by atoms with E-state index in [9.17, 15) is 23.3 Å². The van der Waals surface area contributed by atoms with Gasteiger partial charge in [-0.3, -0.25) is 19.8 Å². The molecule has 0 atom stereocenters. The van der Waals surface area contributed by atoms with Gasteiger partial charge in [0, 0.05) is 81.9 Å². The van der Waals surface area contributed by atoms with Crippen molar-refractivity contribution in [2.45, 2.75) is 50.8 Å². The molecule has 2 saturated heterocycles. The Labute approximate surface area is 329 Å². The van der Waals surface area contributed by atoms with Crippen LogP contribution in [0.4, 0.5) is 17.1 Å². The predicted molar refractivity (Wildman–Crippen MR) is 215 cm³/mol. The number of aromatic nitrogens is 2. The summed E-state index contributed by atoms with van der Waals surface area (Å²) in [6.45, 7) is 10.5. The largest absolute Gasteiger partial charge is 0.455 e. The maximum Gasteiger partial charge on any atom is 0.293 e. The molecule has 16 heteroatoms. The first kappa shape index (κ1) is 38.8. The molecule has 14 nitrogen and oxygen atoms in total. The van der Waals surface area contributed by atoms with Crippen LogP contribution in [0.3, 0.4) is 0 Å². The molecule has 2 aromatic heterocycles. The minimum atomic E-state index is -4.53. The molecule has 0 saturated carbocycles. The van der Waals surface area contributed by atoms with E-state index < -0.39 is 31.4 Å². The second-order valence-electron chi connectivity index (χ2n) is 15.3. The smallest absolute Gasteiger partial charge is 0.293 e. The number of nitrogens with one attached hydrogen (secondary N) is 3. The van der Waals surface area contributed by atoms with Gasteiger partial charge in [-0.25, -0.2) is 18.1 Å². The van der Waals surface area contributed by atoms with Gasteiger partial charge in [0.1, 0.15) is 22.8 Å². The number of carbonyl (C=O) groups excluding carboxylic acids is 1. The van der Waals surface area contributed by atoms with Crippen molar-refractivity contribution in [3.05, 3.63) is 86.7 Å². The van der Waals surface area contributed by atoms with Crippen LogP contribution >= 0.6 is 15.9 Å². The average Bonchev–Trinajstić information content (AvgIpc) is 3.63. The Morgan fingerprint density at radius 1 is 1.11 bits per heavy atom. The van der Waals surface area contributed by atoms with Crippen molar-refractivity contribution in [1.82, 2.24) is 19.6 Å². The SMILES string of the molecule is CC1(C)CCC(CN2CCN(c3ccc(C(=O)NS(=O)(=O)c4ccc(NCC5CCOCC5)c([N+](=O)[O-])c4)c(Oc4cnc5[nH]ccc5c4)c3)CC2)=C(Br)C1. The third kappa shape index (κ3) is 9.31. The molecule has 0 radical (unpaired) electrons. The molecule has 292 valence electrons. The minimum Gasteiger partial charge on any atom is -0.455 e. The van der Waals surface area contributed by atoms with E-state index in [0.717, 1.165) is 75.5 Å². The summed E-state index contributed by atoms with van der Waals surface area (Å²) in [4.78, 5) is 36.9. The Bertz CT molecular complexity index is 2210. The maximum atomic E-state index is 13.8. The van der Waals surface area contributed by atoms with Crippen molar-refractivity contribution < 1.29 is 27.6 Å². The number of hydrogen-bond acceptors (Lipinski definition) is 11. The molecule has 7 rings (SSSR count). The molecule has 4 aromatic rings. The summed E-state index contributed by atoms with van der Waals surface area (Å²) in [6, 6.07) is 12.3. The zero-order valence-electron chi connectivity index (χ0n) is 31.0. The lowest BCUT2D eigenvalue weighted by molar-refractivity contribution is -0.384. The summed E-state index contributed by atoms with van der Waals surface area (Å²) in [5.41, 5.74) is 3.04. The molecule has 3 aliphatic rings. The monoisotopic (exact) mass is 835 g/mol. The fourth-order valence-electron chi connectivity index (χ4n) is 7.36. The Morgan fingerprint density at radius 3 is 2.64 bits per heavy atom. The van der Waals surface area contributed by atoms with Gasteiger partial charge >= 0.3 is 0 Å². The number of sulfonamides is 1. The Morgan fingerprint density at radius 2 is 1.89 bits per heavy atom. The van der Waals surface area contributed by atoms with E-state index in [-0.39, 0.29) is 22.9 Å². The van der Waals surface area contributed by atoms with Crippen molar-refractivity contribution in [1.29, 1.82) is 0 Å². The van der Waals surface area contributed by atoms with Gasteiger partial charge in [-0.15, -0.1) is 0 Å². The van der Waals surface area contributed by atoms with E-state index in [1.165, 1.54) is 34.8 Å². The molecule has 55 heavy (non-hydrogen) atoms. The number of nitro groups is 1. The number of pyridine rings is 1. The highest BCUT2D eigenvalue weighted by molar-refractivity contribution is 9.11. The normalized spacial score (nSPS) is 18.3. The van der Waals surface area contributed by atoms with Gasteiger partial charge in [0.05, 0.1) is 21.6 Å². The fourth-order valence-corrected chi connectivity index (χ4v) is 9.43. The lowest BCUT2D eigenvalue weighted by atomic mass is 9.78. The number of hydrogen-bond donors (Lipinski definition) is 3. The van der Waals surface area contributed by atoms with Gasteiger partial charge < -0.3 is 24.7 Å². The topological polar surface area (TPSA) is 172 Å². The molecule has 4 heterocycles. The first-order valence-electron chi connectivity index (χ1n) is 18.6. The second-order valence-corrected chi connectivity index (χ2v) is 17.9. The van der Waals surface area contributed by atoms with E-state index in [4.69, 9.17) is 9.47 Å². The van der Waals surface area contributed by atoms with Crippen LogP contribution in [0, 0.1) is 21.4 Å². The molecule has 1 amide bonds. The number of benzene rings is 2. The maximum absolute atomic E-state index is 13.8. The highest BCUT2D eigenvalue weighted by Crippen LogP contribution is 2.41. The van der Waals surface area contributed by atoms with E-state index in [0.29, 0.717) is 36.6 Å². The lowest BCUT2D eigenvalue weighted by Crippen LogP contribution is -2.47. The highest BCUT2D eigenvalue weighted by atomic mass is 79.9. The summed E-state index contributed by atoms with van der Waals surface area (Å²) in [6.07, 6.45) is 8.26. The first-order valence-corrected chi connectivity index (χ1v) is 20.9. The van der Waals surface area contributed by atoms with Crippen LogP contribution in [-0.4, -0.2) is 86.6 Å². The Hall–Kier alpha value is -4.51. The number of ether oxygens (including phenoxy) is 2. The third-order valence-corrected chi connectivity index (χ3v) is 12.9. The standard InChI is InChI=1S/C39H46BrN7O7S/c1-39(2)11-7-28(33(40)22-39)25-45-13-15-46(16-14-45)29-3-5-32(36(20-29)54-30-19-27-8-12-41-37(27)43-24-30)38(48)44-55(51,52)31-4-6-34(35(21-31)47(49)50)42-23-26-9-17-53-18-10-26/h3-6,8,12,19-21,24,26,42H,7,9-11,13-18,22-23,25H2,1-2H3,(H,41,43)(H,44,48). The van der Waals surface area contributed by atoms with Crippen molar-refractivity contribution in [2.75, 3.05) is 62.7 Å². The number of fused-ring (bicyclic) bond motifs is 1. The van der Waals surface area contributed by atoms with Gasteiger partial charge in [-0.1, -0.05) is 29.8 Å². The predicted octanol–water partition coefficient (Wildman–Crippen LogP) is 7.20.